The van der Waals surface area contributed by atoms with Crippen molar-refractivity contribution in [2.24, 2.45) is 11.7 Å². The molecule has 2 aliphatic rings. The minimum atomic E-state index is -0.923. The molecule has 2 aliphatic heterocycles. The second kappa shape index (κ2) is 7.83. The molecule has 0 unspecified atom stereocenters. The van der Waals surface area contributed by atoms with Crippen molar-refractivity contribution in [2.75, 3.05) is 19.7 Å². The number of hydrogen-bond donors (Lipinski definition) is 2. The fraction of sp³-hybridized carbons (Fsp3) is 0.333. The summed E-state index contributed by atoms with van der Waals surface area (Å²) in [4.78, 5) is 16.8. The van der Waals surface area contributed by atoms with Crippen LogP contribution in [0.3, 0.4) is 0 Å². The number of fused-ring (bicyclic) bond motifs is 1. The summed E-state index contributed by atoms with van der Waals surface area (Å²) in [6, 6.07) is 17.5. The van der Waals surface area contributed by atoms with Gasteiger partial charge in [0.15, 0.2) is 0 Å². The summed E-state index contributed by atoms with van der Waals surface area (Å²) in [5.74, 6) is 1.80. The van der Waals surface area contributed by atoms with Crippen LogP contribution in [0.1, 0.15) is 23.1 Å². The maximum absolute atomic E-state index is 12.2. The van der Waals surface area contributed by atoms with Gasteiger partial charge < -0.3 is 24.9 Å². The predicted molar refractivity (Wildman–Crippen MR) is 114 cm³/mol. The van der Waals surface area contributed by atoms with Crippen molar-refractivity contribution < 1.29 is 18.7 Å². The first-order chi connectivity index (χ1) is 15.0. The monoisotopic (exact) mass is 419 g/mol. The third-order valence-corrected chi connectivity index (χ3v) is 6.15. The van der Waals surface area contributed by atoms with Crippen molar-refractivity contribution in [1.29, 1.82) is 0 Å². The molecular formula is C24H25N3O4. The first kappa shape index (κ1) is 19.8. The third-order valence-electron chi connectivity index (χ3n) is 6.15. The van der Waals surface area contributed by atoms with E-state index in [-0.39, 0.29) is 18.0 Å². The van der Waals surface area contributed by atoms with Gasteiger partial charge in [-0.1, -0.05) is 30.3 Å². The van der Waals surface area contributed by atoms with Crippen molar-refractivity contribution in [3.63, 3.8) is 0 Å². The van der Waals surface area contributed by atoms with Crippen LogP contribution in [0.5, 0.6) is 5.75 Å². The van der Waals surface area contributed by atoms with Crippen molar-refractivity contribution >= 4 is 5.97 Å². The molecule has 7 heteroatoms. The smallest absolute Gasteiger partial charge is 0.328 e. The van der Waals surface area contributed by atoms with Crippen LogP contribution in [0.15, 0.2) is 59.0 Å². The van der Waals surface area contributed by atoms with Crippen molar-refractivity contribution in [1.82, 2.24) is 10.3 Å². The molecule has 3 N–H and O–H groups in total. The van der Waals surface area contributed by atoms with Gasteiger partial charge in [0.05, 0.1) is 12.3 Å². The van der Waals surface area contributed by atoms with E-state index in [1.165, 1.54) is 0 Å². The SMILES string of the molecule is Cc1oc(-c2ccccc2)nc1CCOc1ccc([C@@H]2OC(=O)[C@@]3(N)CNC[C@@H]23)cc1. The number of rotatable bonds is 6. The average Bonchev–Trinajstić information content (AvgIpc) is 3.43. The summed E-state index contributed by atoms with van der Waals surface area (Å²) < 4.78 is 17.3. The second-order valence-corrected chi connectivity index (χ2v) is 8.16. The Labute approximate surface area is 180 Å². The van der Waals surface area contributed by atoms with Gasteiger partial charge in [0.25, 0.3) is 0 Å². The van der Waals surface area contributed by atoms with Gasteiger partial charge in [-0.3, -0.25) is 0 Å². The van der Waals surface area contributed by atoms with Crippen LogP contribution in [0, 0.1) is 12.8 Å². The first-order valence-electron chi connectivity index (χ1n) is 10.5. The van der Waals surface area contributed by atoms with E-state index in [0.29, 0.717) is 32.0 Å². The van der Waals surface area contributed by atoms with Gasteiger partial charge in [-0.05, 0) is 36.8 Å². The van der Waals surface area contributed by atoms with Gasteiger partial charge in [-0.25, -0.2) is 9.78 Å². The lowest BCUT2D eigenvalue weighted by Gasteiger charge is -2.19. The molecule has 2 aromatic carbocycles. The predicted octanol–water partition coefficient (Wildman–Crippen LogP) is 2.79. The highest BCUT2D eigenvalue weighted by Gasteiger charge is 2.57. The van der Waals surface area contributed by atoms with Gasteiger partial charge in [0, 0.05) is 31.0 Å². The minimum absolute atomic E-state index is 0.0549. The summed E-state index contributed by atoms with van der Waals surface area (Å²) in [5, 5.41) is 3.20. The zero-order valence-electron chi connectivity index (χ0n) is 17.3. The molecular weight excluding hydrogens is 394 g/mol. The van der Waals surface area contributed by atoms with Crippen LogP contribution in [-0.4, -0.2) is 36.2 Å². The number of ether oxygens (including phenoxy) is 2. The zero-order valence-corrected chi connectivity index (χ0v) is 17.3. The lowest BCUT2D eigenvalue weighted by atomic mass is 9.84. The van der Waals surface area contributed by atoms with Crippen LogP contribution in [0.2, 0.25) is 0 Å². The zero-order chi connectivity index (χ0) is 21.4. The van der Waals surface area contributed by atoms with E-state index in [9.17, 15) is 4.79 Å². The number of nitrogens with zero attached hydrogens (tertiary/aromatic N) is 1. The summed E-state index contributed by atoms with van der Waals surface area (Å²) in [6.45, 7) is 3.54. The number of aryl methyl sites for hydroxylation is 1. The number of carbonyl (C=O) groups excluding carboxylic acids is 1. The van der Waals surface area contributed by atoms with Crippen LogP contribution >= 0.6 is 0 Å². The number of aromatic nitrogens is 1. The molecule has 0 aliphatic carbocycles. The quantitative estimate of drug-likeness (QED) is 0.593. The maximum Gasteiger partial charge on any atom is 0.328 e. The van der Waals surface area contributed by atoms with Crippen LogP contribution in [-0.2, 0) is 16.0 Å². The van der Waals surface area contributed by atoms with Crippen molar-refractivity contribution in [3.05, 3.63) is 71.6 Å². The second-order valence-electron chi connectivity index (χ2n) is 8.16. The molecule has 3 atom stereocenters. The number of oxazole rings is 1. The van der Waals surface area contributed by atoms with E-state index >= 15 is 0 Å². The Hall–Kier alpha value is -3.16. The van der Waals surface area contributed by atoms with Crippen LogP contribution in [0.4, 0.5) is 0 Å². The van der Waals surface area contributed by atoms with Gasteiger partial charge in [-0.2, -0.15) is 0 Å². The van der Waals surface area contributed by atoms with E-state index in [1.807, 2.05) is 61.5 Å². The third kappa shape index (κ3) is 3.60. The normalized spacial score (nSPS) is 24.8. The van der Waals surface area contributed by atoms with E-state index < -0.39 is 5.54 Å². The number of benzene rings is 2. The molecule has 0 spiro atoms. The Bertz CT molecular complexity index is 1080. The highest BCUT2D eigenvalue weighted by atomic mass is 16.6. The summed E-state index contributed by atoms with van der Waals surface area (Å²) in [5.41, 5.74) is 8.12. The molecule has 160 valence electrons. The number of carbonyl (C=O) groups is 1. The standard InChI is InChI=1S/C24H25N3O4/c1-15-20(27-22(30-15)17-5-3-2-4-6-17)11-12-29-18-9-7-16(8-10-18)21-19-13-26-14-24(19,25)23(28)31-21/h2-10,19,21,26H,11-14,25H2,1H3/t19-,21-,24+/m0/s1. The number of esters is 1. The molecule has 0 amide bonds. The lowest BCUT2D eigenvalue weighted by molar-refractivity contribution is -0.145. The topological polar surface area (TPSA) is 99.6 Å². The molecule has 5 rings (SSSR count). The molecule has 7 nitrogen and oxygen atoms in total. The molecule has 1 aromatic heterocycles. The Morgan fingerprint density at radius 1 is 1.19 bits per heavy atom. The van der Waals surface area contributed by atoms with E-state index in [1.54, 1.807) is 0 Å². The minimum Gasteiger partial charge on any atom is -0.493 e. The summed E-state index contributed by atoms with van der Waals surface area (Å²) in [7, 11) is 0. The maximum atomic E-state index is 12.2. The summed E-state index contributed by atoms with van der Waals surface area (Å²) in [6.07, 6.45) is 0.323. The van der Waals surface area contributed by atoms with Gasteiger partial charge in [-0.15, -0.1) is 0 Å². The van der Waals surface area contributed by atoms with E-state index in [2.05, 4.69) is 10.3 Å². The van der Waals surface area contributed by atoms with Gasteiger partial charge >= 0.3 is 5.97 Å². The molecule has 3 aromatic rings. The number of nitrogens with one attached hydrogen (secondary N) is 1. The summed E-state index contributed by atoms with van der Waals surface area (Å²) >= 11 is 0. The van der Waals surface area contributed by atoms with Gasteiger partial charge in [0.1, 0.15) is 23.2 Å². The van der Waals surface area contributed by atoms with Gasteiger partial charge in [0.2, 0.25) is 5.89 Å². The Kier molecular flexibility index (Phi) is 5.00. The molecule has 2 saturated heterocycles. The van der Waals surface area contributed by atoms with Crippen LogP contribution < -0.4 is 15.8 Å². The molecule has 0 radical (unpaired) electrons. The van der Waals surface area contributed by atoms with Crippen molar-refractivity contribution in [2.45, 2.75) is 25.0 Å². The Morgan fingerprint density at radius 3 is 2.74 bits per heavy atom. The highest BCUT2D eigenvalue weighted by molar-refractivity contribution is 5.84. The lowest BCUT2D eigenvalue weighted by Crippen LogP contribution is -2.50. The number of nitrogens with two attached hydrogens (primary N) is 1. The van der Waals surface area contributed by atoms with Crippen molar-refractivity contribution in [3.8, 4) is 17.2 Å². The molecule has 31 heavy (non-hydrogen) atoms. The Balaban J connectivity index is 1.20. The largest absolute Gasteiger partial charge is 0.493 e. The van der Waals surface area contributed by atoms with E-state index in [0.717, 1.165) is 28.3 Å². The molecule has 0 saturated carbocycles. The number of hydrogen-bond acceptors (Lipinski definition) is 7. The Morgan fingerprint density at radius 2 is 1.97 bits per heavy atom. The highest BCUT2D eigenvalue weighted by Crippen LogP contribution is 2.42. The molecule has 0 bridgehead atoms. The molecule has 2 fully saturated rings. The van der Waals surface area contributed by atoms with Crippen LogP contribution in [0.25, 0.3) is 11.5 Å². The molecule has 3 heterocycles. The fourth-order valence-corrected chi connectivity index (χ4v) is 4.34. The number of cyclic esters (lactones) is 1. The average molecular weight is 419 g/mol. The first-order valence-corrected chi connectivity index (χ1v) is 10.5. The fourth-order valence-electron chi connectivity index (χ4n) is 4.34. The van der Waals surface area contributed by atoms with E-state index in [4.69, 9.17) is 19.6 Å².